The quantitative estimate of drug-likeness (QED) is 0.738. The highest BCUT2D eigenvalue weighted by atomic mass is 16.5. The number of aromatic carboxylic acids is 1. The lowest BCUT2D eigenvalue weighted by Crippen LogP contribution is -2.09. The Morgan fingerprint density at radius 2 is 2.05 bits per heavy atom. The van der Waals surface area contributed by atoms with E-state index < -0.39 is 5.97 Å². The number of nitrogens with one attached hydrogen (secondary N) is 1. The van der Waals surface area contributed by atoms with E-state index in [2.05, 4.69) is 25.0 Å². The van der Waals surface area contributed by atoms with Crippen LogP contribution in [0.3, 0.4) is 0 Å². The van der Waals surface area contributed by atoms with E-state index in [1.54, 1.807) is 12.1 Å². The third-order valence-electron chi connectivity index (χ3n) is 3.07. The maximum absolute atomic E-state index is 11.2. The van der Waals surface area contributed by atoms with Crippen molar-refractivity contribution in [1.29, 1.82) is 0 Å². The highest BCUT2D eigenvalue weighted by molar-refractivity contribution is 6.06. The minimum Gasteiger partial charge on any atom is -0.478 e. The van der Waals surface area contributed by atoms with Crippen LogP contribution in [0.5, 0.6) is 0 Å². The van der Waals surface area contributed by atoms with E-state index in [0.29, 0.717) is 30.0 Å². The molecule has 106 valence electrons. The summed E-state index contributed by atoms with van der Waals surface area (Å²) in [6.45, 7) is 0.572. The molecule has 0 aliphatic rings. The van der Waals surface area contributed by atoms with Crippen molar-refractivity contribution in [2.45, 2.75) is 6.42 Å². The number of anilines is 1. The lowest BCUT2D eigenvalue weighted by atomic mass is 10.1. The summed E-state index contributed by atoms with van der Waals surface area (Å²) < 4.78 is 4.66. The molecule has 7 heteroatoms. The average Bonchev–Trinajstić information content (AvgIpc) is 3.00. The summed E-state index contributed by atoms with van der Waals surface area (Å²) in [6, 6.07) is 7.26. The summed E-state index contributed by atoms with van der Waals surface area (Å²) in [7, 11) is 0. The third-order valence-corrected chi connectivity index (χ3v) is 3.07. The molecule has 0 radical (unpaired) electrons. The first-order chi connectivity index (χ1) is 10.3. The topological polar surface area (TPSA) is 101 Å². The lowest BCUT2D eigenvalue weighted by Gasteiger charge is -2.09. The molecule has 0 saturated carbocycles. The number of rotatable bonds is 5. The molecule has 0 unspecified atom stereocenters. The minimum absolute atomic E-state index is 0.189. The van der Waals surface area contributed by atoms with E-state index in [-0.39, 0.29) is 5.56 Å². The first-order valence-corrected chi connectivity index (χ1v) is 6.36. The van der Waals surface area contributed by atoms with Crippen molar-refractivity contribution in [3.63, 3.8) is 0 Å². The Morgan fingerprint density at radius 1 is 1.24 bits per heavy atom. The molecule has 0 amide bonds. The van der Waals surface area contributed by atoms with Crippen molar-refractivity contribution in [2.75, 3.05) is 11.9 Å². The predicted molar refractivity (Wildman–Crippen MR) is 75.2 cm³/mol. The van der Waals surface area contributed by atoms with E-state index in [9.17, 15) is 9.90 Å². The van der Waals surface area contributed by atoms with E-state index in [1.807, 2.05) is 12.1 Å². The second kappa shape index (κ2) is 5.58. The van der Waals surface area contributed by atoms with Crippen LogP contribution in [0.2, 0.25) is 0 Å². The molecule has 0 aliphatic heterocycles. The molecule has 0 atom stereocenters. The van der Waals surface area contributed by atoms with Gasteiger partial charge in [-0.1, -0.05) is 29.4 Å². The summed E-state index contributed by atoms with van der Waals surface area (Å²) in [6.07, 6.45) is 3.24. The molecule has 21 heavy (non-hydrogen) atoms. The van der Waals surface area contributed by atoms with Gasteiger partial charge in [-0.25, -0.2) is 9.78 Å². The van der Waals surface area contributed by atoms with Crippen LogP contribution in [-0.4, -0.2) is 32.7 Å². The van der Waals surface area contributed by atoms with Crippen molar-refractivity contribution in [1.82, 2.24) is 15.1 Å². The van der Waals surface area contributed by atoms with Crippen LogP contribution in [0.15, 0.2) is 41.4 Å². The number of carboxylic acid groups (broad SMARTS) is 1. The van der Waals surface area contributed by atoms with Crippen LogP contribution in [0.4, 0.5) is 5.82 Å². The Balaban J connectivity index is 1.85. The van der Waals surface area contributed by atoms with Crippen molar-refractivity contribution in [3.05, 3.63) is 48.2 Å². The fraction of sp³-hybridized carbons (Fsp3) is 0.143. The first kappa shape index (κ1) is 13.0. The van der Waals surface area contributed by atoms with Gasteiger partial charge >= 0.3 is 5.97 Å². The van der Waals surface area contributed by atoms with Gasteiger partial charge in [0.15, 0.2) is 5.82 Å². The molecule has 1 aromatic carbocycles. The van der Waals surface area contributed by atoms with Gasteiger partial charge in [0.1, 0.15) is 5.82 Å². The van der Waals surface area contributed by atoms with Crippen LogP contribution in [-0.2, 0) is 6.42 Å². The van der Waals surface area contributed by atoms with Crippen molar-refractivity contribution >= 4 is 22.6 Å². The average molecular weight is 284 g/mol. The molecular formula is C14H12N4O3. The number of carbonyl (C=O) groups is 1. The van der Waals surface area contributed by atoms with Gasteiger partial charge in [0.05, 0.1) is 5.56 Å². The zero-order chi connectivity index (χ0) is 14.7. The smallest absolute Gasteiger partial charge is 0.337 e. The Labute approximate surface area is 119 Å². The van der Waals surface area contributed by atoms with E-state index >= 15 is 0 Å². The molecule has 0 aliphatic carbocycles. The van der Waals surface area contributed by atoms with Crippen molar-refractivity contribution < 1.29 is 14.4 Å². The molecule has 0 spiro atoms. The number of aromatic nitrogens is 3. The van der Waals surface area contributed by atoms with Crippen LogP contribution in [0, 0.1) is 0 Å². The largest absolute Gasteiger partial charge is 0.478 e. The van der Waals surface area contributed by atoms with Gasteiger partial charge in [-0.05, 0) is 0 Å². The number of benzene rings is 1. The highest BCUT2D eigenvalue weighted by Gasteiger charge is 2.12. The SMILES string of the molecule is O=C(O)c1cnc(NCCc2ncon2)c2ccccc12. The normalized spacial score (nSPS) is 10.7. The van der Waals surface area contributed by atoms with Crippen LogP contribution in [0.25, 0.3) is 10.8 Å². The zero-order valence-corrected chi connectivity index (χ0v) is 11.0. The molecule has 3 rings (SSSR count). The van der Waals surface area contributed by atoms with Gasteiger partial charge in [-0.15, -0.1) is 0 Å². The zero-order valence-electron chi connectivity index (χ0n) is 11.0. The number of nitrogens with zero attached hydrogens (tertiary/aromatic N) is 3. The monoisotopic (exact) mass is 284 g/mol. The van der Waals surface area contributed by atoms with Crippen molar-refractivity contribution in [3.8, 4) is 0 Å². The number of fused-ring (bicyclic) bond motifs is 1. The maximum Gasteiger partial charge on any atom is 0.337 e. The molecule has 3 aromatic rings. The van der Waals surface area contributed by atoms with Crippen LogP contribution in [0.1, 0.15) is 16.2 Å². The van der Waals surface area contributed by atoms with Gasteiger partial charge in [0.25, 0.3) is 0 Å². The summed E-state index contributed by atoms with van der Waals surface area (Å²) in [5.74, 6) is 0.255. The molecular weight excluding hydrogens is 272 g/mol. The second-order valence-electron chi connectivity index (χ2n) is 4.40. The summed E-state index contributed by atoms with van der Waals surface area (Å²) in [5.41, 5.74) is 0.189. The van der Waals surface area contributed by atoms with Gasteiger partial charge in [0, 0.05) is 29.9 Å². The van der Waals surface area contributed by atoms with Gasteiger partial charge in [-0.2, -0.15) is 4.98 Å². The number of hydrogen-bond acceptors (Lipinski definition) is 6. The minimum atomic E-state index is -0.989. The van der Waals surface area contributed by atoms with E-state index in [4.69, 9.17) is 0 Å². The Morgan fingerprint density at radius 3 is 2.76 bits per heavy atom. The van der Waals surface area contributed by atoms with Crippen LogP contribution < -0.4 is 5.32 Å². The third kappa shape index (κ3) is 2.66. The van der Waals surface area contributed by atoms with Gasteiger partial charge in [0.2, 0.25) is 6.39 Å². The van der Waals surface area contributed by atoms with E-state index in [1.165, 1.54) is 12.6 Å². The lowest BCUT2D eigenvalue weighted by molar-refractivity contribution is 0.0698. The molecule has 7 nitrogen and oxygen atoms in total. The van der Waals surface area contributed by atoms with Crippen LogP contribution >= 0.6 is 0 Å². The molecule has 2 heterocycles. The predicted octanol–water partition coefficient (Wildman–Crippen LogP) is 1.97. The molecule has 0 bridgehead atoms. The standard InChI is InChI=1S/C14H12N4O3/c19-14(20)11-7-16-13(10-4-2-1-3-9(10)11)15-6-5-12-17-8-21-18-12/h1-4,7-8H,5-6H2,(H,15,16)(H,19,20). The van der Waals surface area contributed by atoms with E-state index in [0.717, 1.165) is 5.39 Å². The number of pyridine rings is 1. The Kier molecular flexibility index (Phi) is 3.46. The molecule has 0 fully saturated rings. The summed E-state index contributed by atoms with van der Waals surface area (Å²) >= 11 is 0. The van der Waals surface area contributed by atoms with Crippen molar-refractivity contribution in [2.24, 2.45) is 0 Å². The molecule has 2 aromatic heterocycles. The Hall–Kier alpha value is -2.96. The summed E-state index contributed by atoms with van der Waals surface area (Å²) in [5, 5.41) is 17.5. The van der Waals surface area contributed by atoms with Gasteiger partial charge in [-0.3, -0.25) is 0 Å². The van der Waals surface area contributed by atoms with Gasteiger partial charge < -0.3 is 14.9 Å². The fourth-order valence-corrected chi connectivity index (χ4v) is 2.10. The fourth-order valence-electron chi connectivity index (χ4n) is 2.10. The number of carboxylic acids is 1. The molecule has 2 N–H and O–H groups in total. The second-order valence-corrected chi connectivity index (χ2v) is 4.40. The molecule has 0 saturated heterocycles. The number of hydrogen-bond donors (Lipinski definition) is 2. The highest BCUT2D eigenvalue weighted by Crippen LogP contribution is 2.24. The maximum atomic E-state index is 11.2. The summed E-state index contributed by atoms with van der Waals surface area (Å²) in [4.78, 5) is 19.3. The Bertz CT molecular complexity index is 771. The first-order valence-electron chi connectivity index (χ1n) is 6.36.